The zero-order chi connectivity index (χ0) is 23.1. The Bertz CT molecular complexity index is 1250. The monoisotopic (exact) mass is 506 g/mol. The van der Waals surface area contributed by atoms with E-state index >= 15 is 0 Å². The molecular weight excluding hydrogens is 480 g/mol. The van der Waals surface area contributed by atoms with Crippen molar-refractivity contribution in [3.05, 3.63) is 66.1 Å². The molecule has 0 spiro atoms. The summed E-state index contributed by atoms with van der Waals surface area (Å²) in [6.45, 7) is 10.6. The zero-order valence-corrected chi connectivity index (χ0v) is 21.0. The first-order chi connectivity index (χ1) is 14.3. The van der Waals surface area contributed by atoms with E-state index in [2.05, 4.69) is 15.9 Å². The number of rotatable bonds is 5. The maximum Gasteiger partial charge on any atom is 0.333 e. The zero-order valence-electron chi connectivity index (χ0n) is 18.6. The second-order valence-corrected chi connectivity index (χ2v) is 11.4. The number of esters is 1. The summed E-state index contributed by atoms with van der Waals surface area (Å²) in [4.78, 5) is 40.6. The molecule has 8 heteroatoms. The minimum atomic E-state index is -1.47. The normalized spacial score (nSPS) is 12.4. The molecule has 0 saturated heterocycles. The van der Waals surface area contributed by atoms with Crippen molar-refractivity contribution >= 4 is 43.5 Å². The highest BCUT2D eigenvalue weighted by atomic mass is 79.9. The Balaban J connectivity index is 2.22. The largest absolute Gasteiger partial charge is 0.458 e. The van der Waals surface area contributed by atoms with E-state index in [0.29, 0.717) is 23.2 Å². The highest BCUT2D eigenvalue weighted by Gasteiger charge is 2.38. The van der Waals surface area contributed by atoms with E-state index in [-0.39, 0.29) is 0 Å². The molecule has 0 aliphatic heterocycles. The van der Waals surface area contributed by atoms with Gasteiger partial charge in [0.05, 0.1) is 9.17 Å². The number of thiophene rings is 1. The summed E-state index contributed by atoms with van der Waals surface area (Å²) >= 11 is 4.86. The highest BCUT2D eigenvalue weighted by molar-refractivity contribution is 9.11. The summed E-state index contributed by atoms with van der Waals surface area (Å²) in [5, 5.41) is 0.446. The van der Waals surface area contributed by atoms with Crippen LogP contribution in [0.1, 0.15) is 45.7 Å². The van der Waals surface area contributed by atoms with Crippen LogP contribution in [-0.4, -0.2) is 20.7 Å². The fourth-order valence-corrected chi connectivity index (χ4v) is 5.09. The van der Waals surface area contributed by atoms with Crippen molar-refractivity contribution in [2.45, 2.75) is 65.6 Å². The summed E-state index contributed by atoms with van der Waals surface area (Å²) in [5.41, 5.74) is -1.36. The van der Waals surface area contributed by atoms with Gasteiger partial charge in [0.2, 0.25) is 0 Å². The number of benzene rings is 1. The van der Waals surface area contributed by atoms with Crippen LogP contribution in [0, 0.1) is 6.92 Å². The van der Waals surface area contributed by atoms with Crippen molar-refractivity contribution < 1.29 is 9.53 Å². The average Bonchev–Trinajstić information content (AvgIpc) is 2.95. The number of hydrogen-bond donors (Lipinski definition) is 0. The highest BCUT2D eigenvalue weighted by Crippen LogP contribution is 2.33. The van der Waals surface area contributed by atoms with Crippen molar-refractivity contribution in [3.63, 3.8) is 0 Å². The summed E-state index contributed by atoms with van der Waals surface area (Å²) in [6.07, 6.45) is 0.621. The van der Waals surface area contributed by atoms with Gasteiger partial charge in [0, 0.05) is 6.54 Å². The number of ether oxygens (including phenoxy) is 1. The molecule has 31 heavy (non-hydrogen) atoms. The Kier molecular flexibility index (Phi) is 6.35. The van der Waals surface area contributed by atoms with Gasteiger partial charge in [-0.3, -0.25) is 9.36 Å². The predicted molar refractivity (Wildman–Crippen MR) is 128 cm³/mol. The van der Waals surface area contributed by atoms with Gasteiger partial charge < -0.3 is 4.74 Å². The quantitative estimate of drug-likeness (QED) is 0.473. The Morgan fingerprint density at radius 2 is 1.71 bits per heavy atom. The van der Waals surface area contributed by atoms with Gasteiger partial charge in [-0.15, -0.1) is 11.3 Å². The standard InChI is InChI=1S/C23H27BrN2O4S/c1-14-16-18(27)26(23(5,6)20(28)30-22(2,3)4)21(29)25(19(16)31-17(14)24)13-12-15-10-8-7-9-11-15/h7-11H,12-13H2,1-6H3. The first-order valence-electron chi connectivity index (χ1n) is 10.1. The molecule has 0 fully saturated rings. The molecule has 0 amide bonds. The molecule has 0 radical (unpaired) electrons. The van der Waals surface area contributed by atoms with Crippen LogP contribution in [0.25, 0.3) is 10.2 Å². The molecule has 6 nitrogen and oxygen atoms in total. The summed E-state index contributed by atoms with van der Waals surface area (Å²) in [6, 6.07) is 9.84. The van der Waals surface area contributed by atoms with Crippen molar-refractivity contribution in [3.8, 4) is 0 Å². The maximum atomic E-state index is 13.6. The molecule has 2 aromatic heterocycles. The average molecular weight is 507 g/mol. The Hall–Kier alpha value is -2.19. The minimum absolute atomic E-state index is 0.385. The van der Waals surface area contributed by atoms with Crippen LogP contribution >= 0.6 is 27.3 Å². The second kappa shape index (κ2) is 8.39. The van der Waals surface area contributed by atoms with Gasteiger partial charge >= 0.3 is 11.7 Å². The van der Waals surface area contributed by atoms with E-state index in [1.165, 1.54) is 11.3 Å². The minimum Gasteiger partial charge on any atom is -0.458 e. The van der Waals surface area contributed by atoms with Gasteiger partial charge in [-0.05, 0) is 75.0 Å². The molecule has 166 valence electrons. The van der Waals surface area contributed by atoms with Gasteiger partial charge in [0.1, 0.15) is 16.0 Å². The van der Waals surface area contributed by atoms with Gasteiger partial charge in [-0.2, -0.15) is 0 Å². The number of carbonyl (C=O) groups is 1. The van der Waals surface area contributed by atoms with Gasteiger partial charge in [-0.25, -0.2) is 14.2 Å². The lowest BCUT2D eigenvalue weighted by molar-refractivity contribution is -0.164. The fraction of sp³-hybridized carbons (Fsp3) is 0.435. The summed E-state index contributed by atoms with van der Waals surface area (Å²) < 4.78 is 8.96. The third kappa shape index (κ3) is 4.55. The maximum absolute atomic E-state index is 13.6. The van der Waals surface area contributed by atoms with Crippen molar-refractivity contribution in [1.82, 2.24) is 9.13 Å². The van der Waals surface area contributed by atoms with E-state index in [4.69, 9.17) is 4.74 Å². The molecule has 0 unspecified atom stereocenters. The van der Waals surface area contributed by atoms with Crippen molar-refractivity contribution in [1.29, 1.82) is 0 Å². The van der Waals surface area contributed by atoms with Crippen LogP contribution in [0.4, 0.5) is 0 Å². The van der Waals surface area contributed by atoms with Crippen molar-refractivity contribution in [2.24, 2.45) is 0 Å². The lowest BCUT2D eigenvalue weighted by Gasteiger charge is -2.30. The first kappa shape index (κ1) is 23.5. The number of hydrogen-bond acceptors (Lipinski definition) is 5. The molecule has 2 heterocycles. The molecule has 0 aliphatic carbocycles. The van der Waals surface area contributed by atoms with E-state index < -0.39 is 28.4 Å². The van der Waals surface area contributed by atoms with Gasteiger partial charge in [0.15, 0.2) is 0 Å². The Morgan fingerprint density at radius 3 is 2.29 bits per heavy atom. The third-order valence-electron chi connectivity index (χ3n) is 5.08. The summed E-state index contributed by atoms with van der Waals surface area (Å²) in [5.74, 6) is -0.625. The van der Waals surface area contributed by atoms with E-state index in [0.717, 1.165) is 19.5 Å². The van der Waals surface area contributed by atoms with Crippen LogP contribution in [0.2, 0.25) is 0 Å². The topological polar surface area (TPSA) is 70.3 Å². The number of nitrogens with zero attached hydrogens (tertiary/aromatic N) is 2. The number of halogens is 1. The molecule has 3 rings (SSSR count). The smallest absolute Gasteiger partial charge is 0.333 e. The lowest BCUT2D eigenvalue weighted by Crippen LogP contribution is -2.54. The van der Waals surface area contributed by atoms with Gasteiger partial charge in [0.25, 0.3) is 5.56 Å². The molecule has 0 saturated carbocycles. The van der Waals surface area contributed by atoms with Crippen LogP contribution in [0.15, 0.2) is 43.7 Å². The van der Waals surface area contributed by atoms with E-state index in [1.54, 1.807) is 39.2 Å². The molecular formula is C23H27BrN2O4S. The van der Waals surface area contributed by atoms with Crippen molar-refractivity contribution in [2.75, 3.05) is 0 Å². The Morgan fingerprint density at radius 1 is 1.10 bits per heavy atom. The number of fused-ring (bicyclic) bond motifs is 1. The van der Waals surface area contributed by atoms with Crippen LogP contribution in [-0.2, 0) is 28.0 Å². The third-order valence-corrected chi connectivity index (χ3v) is 7.26. The van der Waals surface area contributed by atoms with E-state index in [1.807, 2.05) is 37.3 Å². The number of aromatic nitrogens is 2. The second-order valence-electron chi connectivity index (χ2n) is 9.05. The van der Waals surface area contributed by atoms with Gasteiger partial charge in [-0.1, -0.05) is 30.3 Å². The van der Waals surface area contributed by atoms with Crippen LogP contribution in [0.3, 0.4) is 0 Å². The number of carbonyl (C=O) groups excluding carboxylic acids is 1. The van der Waals surface area contributed by atoms with Crippen LogP contribution < -0.4 is 11.2 Å². The lowest BCUT2D eigenvalue weighted by atomic mass is 10.0. The number of aryl methyl sites for hydroxylation is 3. The molecule has 0 N–H and O–H groups in total. The predicted octanol–water partition coefficient (Wildman–Crippen LogP) is 4.62. The Labute approximate surface area is 193 Å². The van der Waals surface area contributed by atoms with Crippen LogP contribution in [0.5, 0.6) is 0 Å². The molecule has 1 aromatic carbocycles. The molecule has 0 bridgehead atoms. The summed E-state index contributed by atoms with van der Waals surface area (Å²) in [7, 11) is 0. The SMILES string of the molecule is Cc1c(Br)sc2c1c(=O)n(C(C)(C)C(=O)OC(C)(C)C)c(=O)n2CCc1ccccc1. The molecule has 0 atom stereocenters. The fourth-order valence-electron chi connectivity index (χ4n) is 3.39. The molecule has 3 aromatic rings. The van der Waals surface area contributed by atoms with E-state index in [9.17, 15) is 14.4 Å². The molecule has 0 aliphatic rings. The first-order valence-corrected chi connectivity index (χ1v) is 11.7.